The molecule has 2 aliphatic heterocycles. The van der Waals surface area contributed by atoms with Gasteiger partial charge in [0, 0.05) is 43.2 Å². The first-order valence-corrected chi connectivity index (χ1v) is 10.3. The van der Waals surface area contributed by atoms with Crippen molar-refractivity contribution in [3.05, 3.63) is 65.9 Å². The number of benzene rings is 1. The summed E-state index contributed by atoms with van der Waals surface area (Å²) < 4.78 is 15.5. The van der Waals surface area contributed by atoms with Crippen LogP contribution in [-0.2, 0) is 7.05 Å². The van der Waals surface area contributed by atoms with Crippen molar-refractivity contribution in [2.24, 2.45) is 7.05 Å². The number of aryl methyl sites for hydroxylation is 1. The van der Waals surface area contributed by atoms with Crippen LogP contribution in [0.2, 0.25) is 0 Å². The Kier molecular flexibility index (Phi) is 4.55. The van der Waals surface area contributed by atoms with Crippen LogP contribution >= 0.6 is 0 Å². The Morgan fingerprint density at radius 1 is 1.00 bits per heavy atom. The van der Waals surface area contributed by atoms with E-state index < -0.39 is 0 Å². The zero-order chi connectivity index (χ0) is 20.0. The third kappa shape index (κ3) is 3.10. The molecule has 0 aliphatic carbocycles. The minimum absolute atomic E-state index is 0.234. The summed E-state index contributed by atoms with van der Waals surface area (Å²) in [4.78, 5) is 6.81. The molecule has 29 heavy (non-hydrogen) atoms. The van der Waals surface area contributed by atoms with Crippen LogP contribution in [-0.4, -0.2) is 38.8 Å². The number of nitrogens with zero attached hydrogens (tertiary/aromatic N) is 4. The van der Waals surface area contributed by atoms with E-state index in [2.05, 4.69) is 16.8 Å². The molecule has 148 valence electrons. The van der Waals surface area contributed by atoms with Gasteiger partial charge >= 0.3 is 0 Å². The summed E-state index contributed by atoms with van der Waals surface area (Å²) in [6.07, 6.45) is 7.19. The fourth-order valence-electron chi connectivity index (χ4n) is 5.02. The Hall–Kier alpha value is -2.79. The molecule has 1 atom stereocenters. The van der Waals surface area contributed by atoms with E-state index in [0.717, 1.165) is 35.3 Å². The summed E-state index contributed by atoms with van der Waals surface area (Å²) in [6.45, 7) is 4.60. The number of fused-ring (bicyclic) bond motifs is 1. The molecular weight excluding hydrogens is 363 g/mol. The van der Waals surface area contributed by atoms with E-state index in [1.54, 1.807) is 0 Å². The van der Waals surface area contributed by atoms with E-state index in [9.17, 15) is 4.39 Å². The van der Waals surface area contributed by atoms with Crippen LogP contribution in [0.4, 0.5) is 4.39 Å². The number of hydrogen-bond acceptors (Lipinski definition) is 3. The molecule has 0 radical (unpaired) electrons. The van der Waals surface area contributed by atoms with Gasteiger partial charge in [-0.2, -0.15) is 5.10 Å². The molecule has 0 N–H and O–H groups in total. The van der Waals surface area contributed by atoms with Gasteiger partial charge in [-0.1, -0.05) is 5.57 Å². The molecule has 0 saturated carbocycles. The summed E-state index contributed by atoms with van der Waals surface area (Å²) >= 11 is 0. The Balaban J connectivity index is 1.74. The molecule has 5 heteroatoms. The fraction of sp³-hybridized carbons (Fsp3) is 0.333. The highest BCUT2D eigenvalue weighted by Crippen LogP contribution is 2.42. The van der Waals surface area contributed by atoms with Gasteiger partial charge < -0.3 is 0 Å². The van der Waals surface area contributed by atoms with Crippen molar-refractivity contribution in [3.8, 4) is 22.4 Å². The van der Waals surface area contributed by atoms with Crippen LogP contribution < -0.4 is 0 Å². The van der Waals surface area contributed by atoms with Crippen molar-refractivity contribution in [3.63, 3.8) is 0 Å². The lowest BCUT2D eigenvalue weighted by molar-refractivity contribution is 0.276. The Labute approximate surface area is 170 Å². The molecule has 2 aliphatic rings. The van der Waals surface area contributed by atoms with Crippen molar-refractivity contribution in [1.29, 1.82) is 0 Å². The summed E-state index contributed by atoms with van der Waals surface area (Å²) in [5.74, 6) is -0.234. The average Bonchev–Trinajstić information content (AvgIpc) is 3.35. The van der Waals surface area contributed by atoms with Gasteiger partial charge in [0.05, 0.1) is 5.69 Å². The standard InChI is InChI=1S/C24H25FN4/c1-16-20(11-15-29-14-3-4-21(16)29)24-22(17-9-12-26-13-10-17)23(27-28(24)2)18-5-7-19(25)8-6-18/h5-10,12-13,21H,3-4,11,14-15H2,1-2H3. The maximum atomic E-state index is 13.5. The van der Waals surface area contributed by atoms with Crippen molar-refractivity contribution in [1.82, 2.24) is 19.7 Å². The van der Waals surface area contributed by atoms with Crippen molar-refractivity contribution in [2.75, 3.05) is 13.1 Å². The molecular formula is C24H25FN4. The molecule has 1 unspecified atom stereocenters. The second-order valence-corrected chi connectivity index (χ2v) is 8.04. The maximum Gasteiger partial charge on any atom is 0.123 e. The molecule has 2 aromatic heterocycles. The number of rotatable bonds is 3. The van der Waals surface area contributed by atoms with Gasteiger partial charge in [0.2, 0.25) is 0 Å². The molecule has 4 nitrogen and oxygen atoms in total. The SMILES string of the molecule is CC1=C(c2c(-c3ccncc3)c(-c3ccc(F)cc3)nn2C)CCN2CCCC12. The average molecular weight is 388 g/mol. The first-order valence-electron chi connectivity index (χ1n) is 10.3. The highest BCUT2D eigenvalue weighted by molar-refractivity contribution is 5.90. The van der Waals surface area contributed by atoms with E-state index in [1.165, 1.54) is 48.4 Å². The predicted octanol–water partition coefficient (Wildman–Crippen LogP) is 4.93. The van der Waals surface area contributed by atoms with Gasteiger partial charge in [0.15, 0.2) is 0 Å². The highest BCUT2D eigenvalue weighted by atomic mass is 19.1. The van der Waals surface area contributed by atoms with Crippen molar-refractivity contribution in [2.45, 2.75) is 32.2 Å². The van der Waals surface area contributed by atoms with Crippen LogP contribution in [0.25, 0.3) is 28.0 Å². The first kappa shape index (κ1) is 18.3. The lowest BCUT2D eigenvalue weighted by Crippen LogP contribution is -2.35. The van der Waals surface area contributed by atoms with Gasteiger partial charge in [-0.05, 0) is 80.3 Å². The van der Waals surface area contributed by atoms with Gasteiger partial charge in [0.1, 0.15) is 11.5 Å². The Morgan fingerprint density at radius 2 is 1.76 bits per heavy atom. The molecule has 1 aromatic carbocycles. The summed E-state index contributed by atoms with van der Waals surface area (Å²) in [5, 5.41) is 4.91. The largest absolute Gasteiger partial charge is 0.296 e. The summed E-state index contributed by atoms with van der Waals surface area (Å²) in [5.41, 5.74) is 8.08. The smallest absolute Gasteiger partial charge is 0.123 e. The van der Waals surface area contributed by atoms with E-state index in [1.807, 2.05) is 48.4 Å². The molecule has 4 heterocycles. The van der Waals surface area contributed by atoms with Gasteiger partial charge in [0.25, 0.3) is 0 Å². The van der Waals surface area contributed by atoms with Crippen LogP contribution in [0.1, 0.15) is 31.9 Å². The lowest BCUT2D eigenvalue weighted by atomic mass is 9.88. The third-order valence-corrected chi connectivity index (χ3v) is 6.41. The molecule has 0 amide bonds. The fourth-order valence-corrected chi connectivity index (χ4v) is 5.02. The maximum absolute atomic E-state index is 13.5. The van der Waals surface area contributed by atoms with Crippen molar-refractivity contribution < 1.29 is 4.39 Å². The second-order valence-electron chi connectivity index (χ2n) is 8.04. The molecule has 0 spiro atoms. The van der Waals surface area contributed by atoms with Gasteiger partial charge in [-0.25, -0.2) is 4.39 Å². The van der Waals surface area contributed by atoms with Gasteiger partial charge in [-0.3, -0.25) is 14.6 Å². The van der Waals surface area contributed by atoms with Crippen LogP contribution in [0, 0.1) is 5.82 Å². The minimum atomic E-state index is -0.234. The van der Waals surface area contributed by atoms with Crippen LogP contribution in [0.15, 0.2) is 54.4 Å². The monoisotopic (exact) mass is 388 g/mol. The number of aromatic nitrogens is 3. The third-order valence-electron chi connectivity index (χ3n) is 6.41. The predicted molar refractivity (Wildman–Crippen MR) is 114 cm³/mol. The topological polar surface area (TPSA) is 34.0 Å². The van der Waals surface area contributed by atoms with E-state index >= 15 is 0 Å². The van der Waals surface area contributed by atoms with E-state index in [4.69, 9.17) is 5.10 Å². The van der Waals surface area contributed by atoms with E-state index in [-0.39, 0.29) is 5.82 Å². The minimum Gasteiger partial charge on any atom is -0.296 e. The molecule has 1 fully saturated rings. The van der Waals surface area contributed by atoms with Gasteiger partial charge in [-0.15, -0.1) is 0 Å². The van der Waals surface area contributed by atoms with Crippen LogP contribution in [0.3, 0.4) is 0 Å². The highest BCUT2D eigenvalue weighted by Gasteiger charge is 2.33. The van der Waals surface area contributed by atoms with E-state index in [0.29, 0.717) is 6.04 Å². The molecule has 1 saturated heterocycles. The van der Waals surface area contributed by atoms with Crippen molar-refractivity contribution >= 4 is 5.57 Å². The summed E-state index contributed by atoms with van der Waals surface area (Å²) in [6, 6.07) is 11.2. The zero-order valence-corrected chi connectivity index (χ0v) is 16.9. The molecule has 3 aromatic rings. The first-order chi connectivity index (χ1) is 14.1. The quantitative estimate of drug-likeness (QED) is 0.638. The number of hydrogen-bond donors (Lipinski definition) is 0. The second kappa shape index (κ2) is 7.23. The molecule has 0 bridgehead atoms. The van der Waals surface area contributed by atoms with Crippen LogP contribution in [0.5, 0.6) is 0 Å². The normalized spacial score (nSPS) is 19.6. The Morgan fingerprint density at radius 3 is 2.52 bits per heavy atom. The lowest BCUT2D eigenvalue weighted by Gasteiger charge is -2.33. The summed E-state index contributed by atoms with van der Waals surface area (Å²) in [7, 11) is 2.02. The number of halogens is 1. The molecule has 5 rings (SSSR count). The zero-order valence-electron chi connectivity index (χ0n) is 16.9. The number of pyridine rings is 1. The Bertz CT molecular complexity index is 1070.